The number of amides is 3. The van der Waals surface area contributed by atoms with E-state index in [-0.39, 0.29) is 16.0 Å². The summed E-state index contributed by atoms with van der Waals surface area (Å²) in [6, 6.07) is 10.1. The highest BCUT2D eigenvalue weighted by molar-refractivity contribution is 7.90. The maximum Gasteiger partial charge on any atom is 0.264 e. The lowest BCUT2D eigenvalue weighted by Gasteiger charge is -2.21. The molecule has 26 heavy (non-hydrogen) atoms. The van der Waals surface area contributed by atoms with Crippen LogP contribution in [0.1, 0.15) is 27.6 Å². The molecule has 1 aliphatic heterocycles. The van der Waals surface area contributed by atoms with E-state index in [0.717, 1.165) is 4.90 Å². The predicted octanol–water partition coefficient (Wildman–Crippen LogP) is 0.758. The maximum atomic E-state index is 12.4. The van der Waals surface area contributed by atoms with Gasteiger partial charge in [0.1, 0.15) is 6.04 Å². The molecule has 0 aliphatic carbocycles. The van der Waals surface area contributed by atoms with E-state index in [1.165, 1.54) is 43.3 Å². The van der Waals surface area contributed by atoms with Crippen molar-refractivity contribution in [2.45, 2.75) is 17.9 Å². The fourth-order valence-corrected chi connectivity index (χ4v) is 3.65. The molecule has 3 amide bonds. The van der Waals surface area contributed by atoms with Crippen LogP contribution in [0.4, 0.5) is 5.69 Å². The van der Waals surface area contributed by atoms with E-state index in [9.17, 15) is 22.8 Å². The number of carbonyl (C=O) groups excluding carboxylic acids is 3. The number of imide groups is 1. The summed E-state index contributed by atoms with van der Waals surface area (Å²) in [6.07, 6.45) is 0. The summed E-state index contributed by atoms with van der Waals surface area (Å²) in [4.78, 5) is 37.7. The molecule has 0 saturated carbocycles. The number of nitrogens with two attached hydrogens (primary N) is 1. The Morgan fingerprint density at radius 1 is 1.00 bits per heavy atom. The van der Waals surface area contributed by atoms with E-state index >= 15 is 0 Å². The first kappa shape index (κ1) is 17.6. The zero-order valence-corrected chi connectivity index (χ0v) is 14.5. The Morgan fingerprint density at radius 2 is 1.50 bits per heavy atom. The fourth-order valence-electron chi connectivity index (χ4n) is 2.60. The molecule has 1 heterocycles. The Balaban J connectivity index is 1.82. The van der Waals surface area contributed by atoms with Crippen LogP contribution in [0.2, 0.25) is 0 Å². The molecule has 0 saturated heterocycles. The van der Waals surface area contributed by atoms with Crippen molar-refractivity contribution < 1.29 is 22.8 Å². The minimum absolute atomic E-state index is 0.158. The Labute approximate surface area is 149 Å². The Kier molecular flexibility index (Phi) is 4.25. The summed E-state index contributed by atoms with van der Waals surface area (Å²) < 4.78 is 26.5. The van der Waals surface area contributed by atoms with E-state index < -0.39 is 33.8 Å². The van der Waals surface area contributed by atoms with Crippen LogP contribution in [0.3, 0.4) is 0 Å². The smallest absolute Gasteiger partial charge is 0.264 e. The van der Waals surface area contributed by atoms with Crippen LogP contribution in [0.5, 0.6) is 0 Å². The summed E-state index contributed by atoms with van der Waals surface area (Å²) in [5.74, 6) is -2.27. The van der Waals surface area contributed by atoms with Crippen molar-refractivity contribution in [2.75, 3.05) is 5.73 Å². The van der Waals surface area contributed by atoms with Gasteiger partial charge in [0, 0.05) is 5.69 Å². The van der Waals surface area contributed by atoms with Crippen molar-refractivity contribution in [3.63, 3.8) is 0 Å². The van der Waals surface area contributed by atoms with Crippen LogP contribution in [0.15, 0.2) is 53.4 Å². The standard InChI is InChI=1S/C17H15N3O5S/c1-10(20-16(22)13-4-2-3-5-14(13)17(20)23)15(21)19-26(24,25)12-8-6-11(18)7-9-12/h2-10H,18H2,1H3,(H,19,21). The highest BCUT2D eigenvalue weighted by atomic mass is 32.2. The van der Waals surface area contributed by atoms with Gasteiger partial charge in [0.2, 0.25) is 0 Å². The predicted molar refractivity (Wildman–Crippen MR) is 92.6 cm³/mol. The first-order valence-electron chi connectivity index (χ1n) is 7.61. The average molecular weight is 373 g/mol. The van der Waals surface area contributed by atoms with Crippen molar-refractivity contribution in [3.8, 4) is 0 Å². The van der Waals surface area contributed by atoms with Crippen molar-refractivity contribution in [1.82, 2.24) is 9.62 Å². The third-order valence-corrected chi connectivity index (χ3v) is 5.38. The largest absolute Gasteiger partial charge is 0.399 e. The highest BCUT2D eigenvalue weighted by Gasteiger charge is 2.41. The number of anilines is 1. The summed E-state index contributed by atoms with van der Waals surface area (Å²) >= 11 is 0. The van der Waals surface area contributed by atoms with Gasteiger partial charge in [0.15, 0.2) is 0 Å². The number of rotatable bonds is 4. The number of hydrogen-bond donors (Lipinski definition) is 2. The molecule has 0 fully saturated rings. The Hall–Kier alpha value is -3.20. The topological polar surface area (TPSA) is 127 Å². The Bertz CT molecular complexity index is 980. The minimum atomic E-state index is -4.16. The zero-order chi connectivity index (χ0) is 19.1. The molecule has 0 radical (unpaired) electrons. The molecule has 2 aromatic carbocycles. The molecule has 1 unspecified atom stereocenters. The number of nitrogen functional groups attached to an aromatic ring is 1. The van der Waals surface area contributed by atoms with Gasteiger partial charge in [-0.1, -0.05) is 12.1 Å². The summed E-state index contributed by atoms with van der Waals surface area (Å²) in [7, 11) is -4.16. The molecular weight excluding hydrogens is 358 g/mol. The number of nitrogens with one attached hydrogen (secondary N) is 1. The molecule has 134 valence electrons. The summed E-state index contributed by atoms with van der Waals surface area (Å²) in [5.41, 5.74) is 6.24. The zero-order valence-electron chi connectivity index (χ0n) is 13.7. The minimum Gasteiger partial charge on any atom is -0.399 e. The third-order valence-electron chi connectivity index (χ3n) is 4.02. The summed E-state index contributed by atoms with van der Waals surface area (Å²) in [6.45, 7) is 1.29. The molecule has 3 N–H and O–H groups in total. The molecule has 0 aromatic heterocycles. The third kappa shape index (κ3) is 2.93. The number of hydrogen-bond acceptors (Lipinski definition) is 6. The second-order valence-corrected chi connectivity index (χ2v) is 7.42. The van der Waals surface area contributed by atoms with Gasteiger partial charge in [-0.3, -0.25) is 19.3 Å². The number of carbonyl (C=O) groups is 3. The number of sulfonamides is 1. The van der Waals surface area contributed by atoms with E-state index in [0.29, 0.717) is 5.69 Å². The highest BCUT2D eigenvalue weighted by Crippen LogP contribution is 2.24. The van der Waals surface area contributed by atoms with E-state index in [4.69, 9.17) is 5.73 Å². The molecule has 0 bridgehead atoms. The van der Waals surface area contributed by atoms with Crippen molar-refractivity contribution >= 4 is 33.4 Å². The van der Waals surface area contributed by atoms with Crippen LogP contribution in [0.25, 0.3) is 0 Å². The first-order chi connectivity index (χ1) is 12.2. The Morgan fingerprint density at radius 3 is 2.00 bits per heavy atom. The van der Waals surface area contributed by atoms with Crippen molar-refractivity contribution in [3.05, 3.63) is 59.7 Å². The second-order valence-electron chi connectivity index (χ2n) is 5.74. The van der Waals surface area contributed by atoms with Crippen LogP contribution >= 0.6 is 0 Å². The number of benzene rings is 2. The SMILES string of the molecule is CC(C(=O)NS(=O)(=O)c1ccc(N)cc1)N1C(=O)c2ccccc2C1=O. The molecule has 2 aromatic rings. The van der Waals surface area contributed by atoms with Crippen molar-refractivity contribution in [1.29, 1.82) is 0 Å². The second kappa shape index (κ2) is 6.26. The molecule has 8 nitrogen and oxygen atoms in total. The normalized spacial score (nSPS) is 14.9. The molecule has 0 spiro atoms. The lowest BCUT2D eigenvalue weighted by atomic mass is 10.1. The van der Waals surface area contributed by atoms with Gasteiger partial charge in [0.25, 0.3) is 27.7 Å². The van der Waals surface area contributed by atoms with Crippen molar-refractivity contribution in [2.24, 2.45) is 0 Å². The van der Waals surface area contributed by atoms with Crippen LogP contribution in [-0.2, 0) is 14.8 Å². The van der Waals surface area contributed by atoms with Gasteiger partial charge in [-0.05, 0) is 43.3 Å². The summed E-state index contributed by atoms with van der Waals surface area (Å²) in [5, 5.41) is 0. The van der Waals surface area contributed by atoms with Gasteiger partial charge in [-0.15, -0.1) is 0 Å². The van der Waals surface area contributed by atoms with E-state index in [2.05, 4.69) is 0 Å². The molecule has 9 heteroatoms. The first-order valence-corrected chi connectivity index (χ1v) is 9.10. The quantitative estimate of drug-likeness (QED) is 0.602. The van der Waals surface area contributed by atoms with Gasteiger partial charge in [-0.25, -0.2) is 13.1 Å². The van der Waals surface area contributed by atoms with E-state index in [1.54, 1.807) is 12.1 Å². The van der Waals surface area contributed by atoms with Gasteiger partial charge >= 0.3 is 0 Å². The fraction of sp³-hybridized carbons (Fsp3) is 0.118. The molecular formula is C17H15N3O5S. The number of nitrogens with zero attached hydrogens (tertiary/aromatic N) is 1. The van der Waals surface area contributed by atoms with Crippen LogP contribution in [0, 0.1) is 0 Å². The van der Waals surface area contributed by atoms with Gasteiger partial charge in [0.05, 0.1) is 16.0 Å². The molecule has 1 atom stereocenters. The van der Waals surface area contributed by atoms with Crippen LogP contribution < -0.4 is 10.5 Å². The monoisotopic (exact) mass is 373 g/mol. The van der Waals surface area contributed by atoms with Crippen LogP contribution in [-0.4, -0.2) is 37.1 Å². The average Bonchev–Trinajstić information content (AvgIpc) is 2.86. The lowest BCUT2D eigenvalue weighted by Crippen LogP contribution is -2.49. The molecule has 1 aliphatic rings. The molecule has 3 rings (SSSR count). The van der Waals surface area contributed by atoms with Gasteiger partial charge in [-0.2, -0.15) is 0 Å². The van der Waals surface area contributed by atoms with E-state index in [1.807, 2.05) is 4.72 Å². The maximum absolute atomic E-state index is 12.4. The van der Waals surface area contributed by atoms with Gasteiger partial charge < -0.3 is 5.73 Å². The number of fused-ring (bicyclic) bond motifs is 1. The lowest BCUT2D eigenvalue weighted by molar-refractivity contribution is -0.122.